The Labute approximate surface area is 103 Å². The third-order valence-corrected chi connectivity index (χ3v) is 3.57. The quantitative estimate of drug-likeness (QED) is 0.496. The number of carbonyl (C=O) groups is 1. The minimum Gasteiger partial charge on any atom is -0.477 e. The van der Waals surface area contributed by atoms with Gasteiger partial charge in [-0.25, -0.2) is 4.79 Å². The van der Waals surface area contributed by atoms with E-state index >= 15 is 0 Å². The second-order valence-electron chi connectivity index (χ2n) is 3.58. The maximum Gasteiger partial charge on any atom is 0.342 e. The van der Waals surface area contributed by atoms with E-state index < -0.39 is 10.9 Å². The molecule has 0 radical (unpaired) electrons. The highest BCUT2D eigenvalue weighted by molar-refractivity contribution is 7.99. The van der Waals surface area contributed by atoms with Gasteiger partial charge in [-0.15, -0.1) is 11.8 Å². The van der Waals surface area contributed by atoms with E-state index in [4.69, 9.17) is 5.11 Å². The van der Waals surface area contributed by atoms with Gasteiger partial charge in [-0.3, -0.25) is 10.1 Å². The average Bonchev–Trinajstić information content (AvgIpc) is 2.28. The fourth-order valence-corrected chi connectivity index (χ4v) is 2.19. The van der Waals surface area contributed by atoms with Gasteiger partial charge in [-0.1, -0.05) is 13.8 Å². The average molecular weight is 255 g/mol. The zero-order valence-electron chi connectivity index (χ0n) is 9.54. The second-order valence-corrected chi connectivity index (χ2v) is 5.09. The number of hydrogen-bond donors (Lipinski definition) is 1. The maximum atomic E-state index is 10.8. The largest absolute Gasteiger partial charge is 0.477 e. The van der Waals surface area contributed by atoms with Crippen molar-refractivity contribution in [1.29, 1.82) is 0 Å². The van der Waals surface area contributed by atoms with Crippen LogP contribution in [-0.4, -0.2) is 21.2 Å². The second kappa shape index (κ2) is 5.67. The Kier molecular flexibility index (Phi) is 4.51. The van der Waals surface area contributed by atoms with Gasteiger partial charge in [0.05, 0.1) is 4.92 Å². The lowest BCUT2D eigenvalue weighted by Crippen LogP contribution is -2.03. The van der Waals surface area contributed by atoms with Crippen molar-refractivity contribution in [3.05, 3.63) is 33.9 Å². The molecule has 0 aliphatic heterocycles. The fourth-order valence-electron chi connectivity index (χ4n) is 1.23. The predicted octanol–water partition coefficient (Wildman–Crippen LogP) is 3.18. The molecule has 0 aliphatic carbocycles. The Bertz CT molecular complexity index is 447. The molecule has 1 unspecified atom stereocenters. The molecule has 0 spiro atoms. The highest BCUT2D eigenvalue weighted by Gasteiger charge is 2.20. The number of thioether (sulfide) groups is 1. The fraction of sp³-hybridized carbons (Fsp3) is 0.364. The van der Waals surface area contributed by atoms with E-state index in [0.717, 1.165) is 11.3 Å². The van der Waals surface area contributed by atoms with Crippen LogP contribution >= 0.6 is 11.8 Å². The normalized spacial score (nSPS) is 12.1. The molecule has 1 N–H and O–H groups in total. The lowest BCUT2D eigenvalue weighted by Gasteiger charge is -2.08. The van der Waals surface area contributed by atoms with Gasteiger partial charge in [0, 0.05) is 16.2 Å². The number of nitro benzene ring substituents is 1. The summed E-state index contributed by atoms with van der Waals surface area (Å²) in [7, 11) is 0. The van der Waals surface area contributed by atoms with Gasteiger partial charge in [0.15, 0.2) is 0 Å². The molecule has 0 fully saturated rings. The lowest BCUT2D eigenvalue weighted by atomic mass is 10.2. The monoisotopic (exact) mass is 255 g/mol. The van der Waals surface area contributed by atoms with Crippen LogP contribution in [0, 0.1) is 10.1 Å². The highest BCUT2D eigenvalue weighted by atomic mass is 32.2. The number of carboxylic acid groups (broad SMARTS) is 1. The van der Waals surface area contributed by atoms with Crippen LogP contribution in [0.15, 0.2) is 23.1 Å². The van der Waals surface area contributed by atoms with Crippen molar-refractivity contribution in [1.82, 2.24) is 0 Å². The minimum atomic E-state index is -1.28. The van der Waals surface area contributed by atoms with Crippen molar-refractivity contribution in [2.24, 2.45) is 0 Å². The minimum absolute atomic E-state index is 0.275. The van der Waals surface area contributed by atoms with Crippen molar-refractivity contribution in [2.45, 2.75) is 30.4 Å². The summed E-state index contributed by atoms with van der Waals surface area (Å²) in [6, 6.07) is 4.21. The zero-order chi connectivity index (χ0) is 13.0. The molecule has 1 atom stereocenters. The third kappa shape index (κ3) is 3.45. The topological polar surface area (TPSA) is 80.4 Å². The van der Waals surface area contributed by atoms with Crippen LogP contribution in [0.5, 0.6) is 0 Å². The van der Waals surface area contributed by atoms with Crippen molar-refractivity contribution in [3.63, 3.8) is 0 Å². The number of nitrogens with zero attached hydrogens (tertiary/aromatic N) is 1. The first-order chi connectivity index (χ1) is 7.95. The standard InChI is InChI=1S/C11H13NO4S/c1-3-7(2)17-8-4-5-9(11(13)14)10(6-8)12(15)16/h4-7H,3H2,1-2H3,(H,13,14). The summed E-state index contributed by atoms with van der Waals surface area (Å²) in [5.41, 5.74) is -0.630. The molecular formula is C11H13NO4S. The van der Waals surface area contributed by atoms with Crippen LogP contribution < -0.4 is 0 Å². The van der Waals surface area contributed by atoms with Crippen molar-refractivity contribution in [2.75, 3.05) is 0 Å². The molecule has 1 rings (SSSR count). The number of carboxylic acids is 1. The molecule has 0 aliphatic rings. The maximum absolute atomic E-state index is 10.8. The van der Waals surface area contributed by atoms with Crippen LogP contribution in [0.2, 0.25) is 0 Å². The van der Waals surface area contributed by atoms with Gasteiger partial charge >= 0.3 is 5.97 Å². The Morgan fingerprint density at radius 3 is 2.71 bits per heavy atom. The van der Waals surface area contributed by atoms with E-state index in [0.29, 0.717) is 5.25 Å². The van der Waals surface area contributed by atoms with E-state index in [2.05, 4.69) is 0 Å². The molecule has 5 nitrogen and oxygen atoms in total. The number of nitro groups is 1. The number of rotatable bonds is 5. The Hall–Kier alpha value is -1.56. The van der Waals surface area contributed by atoms with Crippen LogP contribution in [0.3, 0.4) is 0 Å². The van der Waals surface area contributed by atoms with Gasteiger partial charge in [0.25, 0.3) is 5.69 Å². The van der Waals surface area contributed by atoms with Gasteiger partial charge in [0.1, 0.15) is 5.56 Å². The molecule has 92 valence electrons. The third-order valence-electron chi connectivity index (χ3n) is 2.31. The van der Waals surface area contributed by atoms with E-state index in [9.17, 15) is 14.9 Å². The molecule has 0 saturated carbocycles. The van der Waals surface area contributed by atoms with Crippen LogP contribution in [0.25, 0.3) is 0 Å². The van der Waals surface area contributed by atoms with Crippen molar-refractivity contribution in [3.8, 4) is 0 Å². The first-order valence-electron chi connectivity index (χ1n) is 5.14. The summed E-state index contributed by atoms with van der Waals surface area (Å²) in [4.78, 5) is 21.6. The van der Waals surface area contributed by atoms with E-state index in [1.807, 2.05) is 13.8 Å². The summed E-state index contributed by atoms with van der Waals surface area (Å²) in [5, 5.41) is 19.9. The van der Waals surface area contributed by atoms with Crippen LogP contribution in [0.1, 0.15) is 30.6 Å². The molecule has 1 aromatic rings. The smallest absolute Gasteiger partial charge is 0.342 e. The summed E-state index contributed by atoms with van der Waals surface area (Å²) in [6.45, 7) is 4.04. The molecule has 0 aromatic heterocycles. The molecule has 0 bridgehead atoms. The Morgan fingerprint density at radius 2 is 2.24 bits per heavy atom. The van der Waals surface area contributed by atoms with Crippen LogP contribution in [-0.2, 0) is 0 Å². The molecule has 0 saturated heterocycles. The van der Waals surface area contributed by atoms with E-state index in [1.54, 1.807) is 6.07 Å². The lowest BCUT2D eigenvalue weighted by molar-refractivity contribution is -0.385. The SMILES string of the molecule is CCC(C)Sc1ccc(C(=O)O)c([N+](=O)[O-])c1. The van der Waals surface area contributed by atoms with Crippen molar-refractivity contribution < 1.29 is 14.8 Å². The molecule has 0 heterocycles. The highest BCUT2D eigenvalue weighted by Crippen LogP contribution is 2.30. The summed E-state index contributed by atoms with van der Waals surface area (Å²) >= 11 is 1.50. The number of aromatic carboxylic acids is 1. The molecular weight excluding hydrogens is 242 g/mol. The number of hydrogen-bond acceptors (Lipinski definition) is 4. The molecule has 1 aromatic carbocycles. The number of benzene rings is 1. The van der Waals surface area contributed by atoms with Gasteiger partial charge in [-0.2, -0.15) is 0 Å². The molecule has 17 heavy (non-hydrogen) atoms. The van der Waals surface area contributed by atoms with Gasteiger partial charge in [0.2, 0.25) is 0 Å². The first-order valence-corrected chi connectivity index (χ1v) is 6.02. The Morgan fingerprint density at radius 1 is 1.59 bits per heavy atom. The summed E-state index contributed by atoms with van der Waals surface area (Å²) in [6.07, 6.45) is 0.944. The van der Waals surface area contributed by atoms with Gasteiger partial charge in [-0.05, 0) is 18.6 Å². The molecule has 0 amide bonds. The van der Waals surface area contributed by atoms with Crippen LogP contribution in [0.4, 0.5) is 5.69 Å². The first kappa shape index (κ1) is 13.5. The predicted molar refractivity (Wildman–Crippen MR) is 65.7 cm³/mol. The molecule has 6 heteroatoms. The van der Waals surface area contributed by atoms with E-state index in [-0.39, 0.29) is 11.3 Å². The summed E-state index contributed by atoms with van der Waals surface area (Å²) < 4.78 is 0. The van der Waals surface area contributed by atoms with Crippen molar-refractivity contribution >= 4 is 23.4 Å². The Balaban J connectivity index is 3.10. The van der Waals surface area contributed by atoms with E-state index in [1.165, 1.54) is 23.9 Å². The zero-order valence-corrected chi connectivity index (χ0v) is 10.4. The summed E-state index contributed by atoms with van der Waals surface area (Å²) in [5.74, 6) is -1.28. The van der Waals surface area contributed by atoms with Gasteiger partial charge < -0.3 is 5.11 Å².